The number of aromatic nitrogens is 5. The van der Waals surface area contributed by atoms with Crippen LogP contribution in [0.15, 0.2) is 55.1 Å². The van der Waals surface area contributed by atoms with Crippen molar-refractivity contribution in [3.8, 4) is 11.4 Å². The zero-order chi connectivity index (χ0) is 16.5. The number of anilines is 1. The molecule has 0 fully saturated rings. The number of H-pyrrole nitrogens is 1. The molecule has 1 aromatic carbocycles. The summed E-state index contributed by atoms with van der Waals surface area (Å²) in [6.45, 7) is 0. The summed E-state index contributed by atoms with van der Waals surface area (Å²) in [7, 11) is 0. The summed E-state index contributed by atoms with van der Waals surface area (Å²) in [6, 6.07) is 9.32. The first-order valence-corrected chi connectivity index (χ1v) is 7.10. The Morgan fingerprint density at radius 1 is 1.25 bits per heavy atom. The van der Waals surface area contributed by atoms with Gasteiger partial charge in [-0.25, -0.2) is 14.4 Å². The smallest absolute Gasteiger partial charge is 0.275 e. The van der Waals surface area contributed by atoms with E-state index in [9.17, 15) is 9.18 Å². The van der Waals surface area contributed by atoms with E-state index in [-0.39, 0.29) is 5.69 Å². The molecule has 3 aromatic heterocycles. The highest BCUT2D eigenvalue weighted by atomic mass is 19.1. The van der Waals surface area contributed by atoms with E-state index in [4.69, 9.17) is 0 Å². The van der Waals surface area contributed by atoms with E-state index >= 15 is 0 Å². The molecule has 0 bridgehead atoms. The Labute approximate surface area is 135 Å². The molecule has 0 saturated heterocycles. The van der Waals surface area contributed by atoms with Gasteiger partial charge >= 0.3 is 0 Å². The van der Waals surface area contributed by atoms with E-state index in [2.05, 4.69) is 25.5 Å². The molecule has 1 amide bonds. The van der Waals surface area contributed by atoms with Gasteiger partial charge in [-0.3, -0.25) is 9.89 Å². The van der Waals surface area contributed by atoms with Gasteiger partial charge in [0.05, 0.1) is 0 Å². The Kier molecular flexibility index (Phi) is 3.27. The first-order valence-electron chi connectivity index (χ1n) is 7.10. The van der Waals surface area contributed by atoms with Crippen LogP contribution in [0.5, 0.6) is 0 Å². The Morgan fingerprint density at radius 3 is 2.96 bits per heavy atom. The number of benzene rings is 1. The molecular weight excluding hydrogens is 311 g/mol. The van der Waals surface area contributed by atoms with E-state index in [1.54, 1.807) is 28.9 Å². The molecule has 2 N–H and O–H groups in total. The van der Waals surface area contributed by atoms with Crippen molar-refractivity contribution in [1.29, 1.82) is 0 Å². The number of imidazole rings is 1. The summed E-state index contributed by atoms with van der Waals surface area (Å²) in [5.74, 6) is -0.212. The maximum Gasteiger partial charge on any atom is 0.275 e. The molecule has 0 saturated carbocycles. The number of amides is 1. The van der Waals surface area contributed by atoms with Gasteiger partial charge in [-0.2, -0.15) is 5.10 Å². The zero-order valence-electron chi connectivity index (χ0n) is 12.3. The molecule has 0 spiro atoms. The second-order valence-electron chi connectivity index (χ2n) is 5.11. The van der Waals surface area contributed by atoms with Gasteiger partial charge in [0.25, 0.3) is 5.91 Å². The van der Waals surface area contributed by atoms with Gasteiger partial charge in [0.1, 0.15) is 23.5 Å². The summed E-state index contributed by atoms with van der Waals surface area (Å²) >= 11 is 0. The van der Waals surface area contributed by atoms with Crippen molar-refractivity contribution in [3.05, 3.63) is 66.6 Å². The molecule has 0 aliphatic heterocycles. The van der Waals surface area contributed by atoms with Gasteiger partial charge in [-0.15, -0.1) is 0 Å². The molecule has 8 heteroatoms. The average Bonchev–Trinajstić information content (AvgIpc) is 3.23. The second kappa shape index (κ2) is 5.58. The normalized spacial score (nSPS) is 10.9. The molecule has 118 valence electrons. The standard InChI is InChI=1S/C16H11FN6O/c17-11-2-1-3-12(7-11)20-16(24)13-8-23-5-4-10(6-14(23)21-13)15-18-9-19-22-15/h1-9H,(H,20,24)(H,18,19,22). The summed E-state index contributed by atoms with van der Waals surface area (Å²) < 4.78 is 14.9. The number of hydrogen-bond donors (Lipinski definition) is 2. The molecule has 0 radical (unpaired) electrons. The predicted molar refractivity (Wildman–Crippen MR) is 84.9 cm³/mol. The highest BCUT2D eigenvalue weighted by Crippen LogP contribution is 2.17. The van der Waals surface area contributed by atoms with Crippen LogP contribution in [0.25, 0.3) is 17.0 Å². The Balaban J connectivity index is 1.63. The lowest BCUT2D eigenvalue weighted by molar-refractivity contribution is 0.102. The number of nitrogens with one attached hydrogen (secondary N) is 2. The van der Waals surface area contributed by atoms with Gasteiger partial charge in [-0.1, -0.05) is 6.07 Å². The van der Waals surface area contributed by atoms with E-state index in [0.29, 0.717) is 17.2 Å². The maximum absolute atomic E-state index is 13.2. The fraction of sp³-hybridized carbons (Fsp3) is 0. The predicted octanol–water partition coefficient (Wildman–Crippen LogP) is 2.51. The third-order valence-electron chi connectivity index (χ3n) is 3.46. The first kappa shape index (κ1) is 14.1. The summed E-state index contributed by atoms with van der Waals surface area (Å²) in [4.78, 5) is 20.6. The summed E-state index contributed by atoms with van der Waals surface area (Å²) in [6.07, 6.45) is 4.80. The zero-order valence-corrected chi connectivity index (χ0v) is 12.3. The van der Waals surface area contributed by atoms with E-state index in [0.717, 1.165) is 5.56 Å². The largest absolute Gasteiger partial charge is 0.321 e. The number of rotatable bonds is 3. The van der Waals surface area contributed by atoms with E-state index in [1.165, 1.54) is 24.5 Å². The molecule has 0 unspecified atom stereocenters. The topological polar surface area (TPSA) is 88.0 Å². The van der Waals surface area contributed by atoms with Crippen LogP contribution in [0.4, 0.5) is 10.1 Å². The molecule has 7 nitrogen and oxygen atoms in total. The molecule has 0 aliphatic carbocycles. The average molecular weight is 322 g/mol. The van der Waals surface area contributed by atoms with Crippen LogP contribution in [0, 0.1) is 5.82 Å². The van der Waals surface area contributed by atoms with Crippen molar-refractivity contribution < 1.29 is 9.18 Å². The first-order chi connectivity index (χ1) is 11.7. The van der Waals surface area contributed by atoms with Gasteiger partial charge < -0.3 is 9.72 Å². The SMILES string of the molecule is O=C(Nc1cccc(F)c1)c1cn2ccc(-c3ncn[nH]3)cc2n1. The lowest BCUT2D eigenvalue weighted by atomic mass is 10.2. The Morgan fingerprint density at radius 2 is 2.17 bits per heavy atom. The maximum atomic E-state index is 13.2. The number of nitrogens with zero attached hydrogens (tertiary/aromatic N) is 4. The van der Waals surface area contributed by atoms with Crippen molar-refractivity contribution in [2.75, 3.05) is 5.32 Å². The number of pyridine rings is 1. The molecule has 0 atom stereocenters. The lowest BCUT2D eigenvalue weighted by Crippen LogP contribution is -2.12. The molecular formula is C16H11FN6O. The highest BCUT2D eigenvalue weighted by Gasteiger charge is 2.12. The van der Waals surface area contributed by atoms with Gasteiger partial charge in [0, 0.05) is 23.6 Å². The Bertz CT molecular complexity index is 1020. The van der Waals surface area contributed by atoms with Crippen molar-refractivity contribution in [3.63, 3.8) is 0 Å². The minimum Gasteiger partial charge on any atom is -0.321 e. The molecule has 4 aromatic rings. The fourth-order valence-corrected chi connectivity index (χ4v) is 2.34. The van der Waals surface area contributed by atoms with E-state index < -0.39 is 11.7 Å². The van der Waals surface area contributed by atoms with Crippen LogP contribution in [-0.2, 0) is 0 Å². The van der Waals surface area contributed by atoms with Crippen molar-refractivity contribution in [1.82, 2.24) is 24.6 Å². The van der Waals surface area contributed by atoms with Crippen LogP contribution in [0.2, 0.25) is 0 Å². The molecule has 0 aliphatic rings. The number of carbonyl (C=O) groups excluding carboxylic acids is 1. The lowest BCUT2D eigenvalue weighted by Gasteiger charge is -2.02. The highest BCUT2D eigenvalue weighted by molar-refractivity contribution is 6.03. The number of hydrogen-bond acceptors (Lipinski definition) is 4. The van der Waals surface area contributed by atoms with Crippen molar-refractivity contribution in [2.45, 2.75) is 0 Å². The molecule has 4 rings (SSSR count). The number of fused-ring (bicyclic) bond motifs is 1. The fourth-order valence-electron chi connectivity index (χ4n) is 2.34. The summed E-state index contributed by atoms with van der Waals surface area (Å²) in [5.41, 5.74) is 2.00. The van der Waals surface area contributed by atoms with Crippen molar-refractivity contribution >= 4 is 17.2 Å². The quantitative estimate of drug-likeness (QED) is 0.606. The minimum atomic E-state index is -0.417. The Hall–Kier alpha value is -3.55. The number of aromatic amines is 1. The third kappa shape index (κ3) is 2.60. The van der Waals surface area contributed by atoms with Crippen molar-refractivity contribution in [2.24, 2.45) is 0 Å². The van der Waals surface area contributed by atoms with E-state index in [1.807, 2.05) is 6.07 Å². The second-order valence-corrected chi connectivity index (χ2v) is 5.11. The minimum absolute atomic E-state index is 0.231. The van der Waals surface area contributed by atoms with Crippen LogP contribution < -0.4 is 5.32 Å². The molecule has 24 heavy (non-hydrogen) atoms. The van der Waals surface area contributed by atoms with Gasteiger partial charge in [-0.05, 0) is 30.3 Å². The van der Waals surface area contributed by atoms with Crippen LogP contribution >= 0.6 is 0 Å². The monoisotopic (exact) mass is 322 g/mol. The van der Waals surface area contributed by atoms with Gasteiger partial charge in [0.2, 0.25) is 0 Å². The molecule has 3 heterocycles. The van der Waals surface area contributed by atoms with Gasteiger partial charge in [0.15, 0.2) is 5.82 Å². The summed E-state index contributed by atoms with van der Waals surface area (Å²) in [5, 5.41) is 9.20. The number of carbonyl (C=O) groups is 1. The van der Waals surface area contributed by atoms with Crippen LogP contribution in [0.3, 0.4) is 0 Å². The third-order valence-corrected chi connectivity index (χ3v) is 3.46. The van der Waals surface area contributed by atoms with Crippen LogP contribution in [0.1, 0.15) is 10.5 Å². The van der Waals surface area contributed by atoms with Crippen LogP contribution in [-0.4, -0.2) is 30.5 Å². The number of halogens is 1.